The number of carbonyl (C=O) groups excluding carboxylic acids is 3. The van der Waals surface area contributed by atoms with Crippen LogP contribution in [-0.4, -0.2) is 135 Å². The average molecular weight is 1070 g/mol. The zero-order chi connectivity index (χ0) is 51.5. The van der Waals surface area contributed by atoms with E-state index in [0.717, 1.165) is 61.1 Å². The molecule has 0 saturated carbocycles. The first-order chi connectivity index (χ1) is 33.0. The van der Waals surface area contributed by atoms with E-state index >= 15 is 0 Å². The number of aliphatic hydroxyl groups excluding tert-OH is 2. The maximum atomic E-state index is 12.8. The first kappa shape index (κ1) is 59.3. The molecule has 0 spiro atoms. The van der Waals surface area contributed by atoms with Crippen molar-refractivity contribution in [1.82, 2.24) is 30.2 Å². The van der Waals surface area contributed by atoms with Gasteiger partial charge in [-0.1, -0.05) is 81.8 Å². The summed E-state index contributed by atoms with van der Waals surface area (Å²) in [5.41, 5.74) is 4.27. The second kappa shape index (κ2) is 28.3. The van der Waals surface area contributed by atoms with Crippen LogP contribution in [0.4, 0.5) is 5.82 Å². The van der Waals surface area contributed by atoms with E-state index in [1.54, 1.807) is 0 Å². The molecule has 4 rings (SSSR count). The summed E-state index contributed by atoms with van der Waals surface area (Å²) < 4.78 is 68.2. The monoisotopic (exact) mass is 1070 g/mol. The first-order valence-electron chi connectivity index (χ1n) is 22.7. The molecule has 2 amide bonds. The van der Waals surface area contributed by atoms with Crippen molar-refractivity contribution < 1.29 is 85.2 Å². The molecule has 10 N–H and O–H groups in total. The molecule has 25 nitrogen and oxygen atoms in total. The molecule has 29 heteroatoms. The third-order valence-corrected chi connectivity index (χ3v) is 14.7. The lowest BCUT2D eigenvalue weighted by atomic mass is 9.87. The Balaban J connectivity index is 1.07. The van der Waals surface area contributed by atoms with Crippen LogP contribution in [0.1, 0.15) is 97.6 Å². The Labute approximate surface area is 409 Å². The predicted molar refractivity (Wildman–Crippen MR) is 255 cm³/mol. The molecule has 2 aromatic rings. The van der Waals surface area contributed by atoms with Gasteiger partial charge in [0.1, 0.15) is 36.3 Å². The molecule has 4 heterocycles. The molecule has 0 aliphatic carbocycles. The van der Waals surface area contributed by atoms with Crippen LogP contribution in [0.15, 0.2) is 49.1 Å². The molecule has 2 saturated heterocycles. The summed E-state index contributed by atoms with van der Waals surface area (Å²) >= 11 is 1.11. The number of aliphatic hydroxyl groups is 2. The Bertz CT molecular complexity index is 2260. The van der Waals surface area contributed by atoms with Crippen molar-refractivity contribution in [2.75, 3.05) is 37.8 Å². The molecule has 0 radical (unpaired) electrons. The predicted octanol–water partition coefficient (Wildman–Crippen LogP) is 4.02. The number of aromatic nitrogens is 4. The number of phosphoric acid groups is 3. The lowest BCUT2D eigenvalue weighted by molar-refractivity contribution is -0.137. The van der Waals surface area contributed by atoms with Gasteiger partial charge in [-0.05, 0) is 44.9 Å². The van der Waals surface area contributed by atoms with Gasteiger partial charge in [-0.15, -0.1) is 0 Å². The van der Waals surface area contributed by atoms with E-state index in [2.05, 4.69) is 77.8 Å². The fourth-order valence-electron chi connectivity index (χ4n) is 6.86. The summed E-state index contributed by atoms with van der Waals surface area (Å²) in [5.74, 6) is -1.10. The number of phosphoric ester groups is 3. The van der Waals surface area contributed by atoms with Crippen molar-refractivity contribution >= 4 is 69.1 Å². The number of nitrogens with zero attached hydrogens (tertiary/aromatic N) is 4. The van der Waals surface area contributed by atoms with Crippen molar-refractivity contribution in [3.8, 4) is 0 Å². The van der Waals surface area contributed by atoms with Gasteiger partial charge in [-0.2, -0.15) is 4.31 Å². The molecule has 394 valence electrons. The topological polar surface area (TPSA) is 376 Å². The fourth-order valence-corrected chi connectivity index (χ4v) is 10.4. The van der Waals surface area contributed by atoms with Crippen LogP contribution < -0.4 is 16.4 Å². The Hall–Kier alpha value is -3.26. The molecular formula is C41H66N7O18P3S. The Morgan fingerprint density at radius 2 is 1.60 bits per heavy atom. The van der Waals surface area contributed by atoms with E-state index in [9.17, 15) is 57.9 Å². The number of epoxide rings is 1. The highest BCUT2D eigenvalue weighted by Gasteiger charge is 2.50. The van der Waals surface area contributed by atoms with Gasteiger partial charge in [0.25, 0.3) is 0 Å². The van der Waals surface area contributed by atoms with Crippen molar-refractivity contribution in [3.05, 3.63) is 49.1 Å². The third kappa shape index (κ3) is 20.7. The van der Waals surface area contributed by atoms with Crippen LogP contribution in [0.5, 0.6) is 0 Å². The number of nitrogens with two attached hydrogens (primary N) is 1. The molecule has 9 atom stereocenters. The molecule has 2 aliphatic rings. The second-order valence-corrected chi connectivity index (χ2v) is 22.4. The minimum absolute atomic E-state index is 0.00543. The number of hydrogen-bond acceptors (Lipinski definition) is 19. The Morgan fingerprint density at radius 1 is 0.900 bits per heavy atom. The van der Waals surface area contributed by atoms with Gasteiger partial charge < -0.3 is 55.6 Å². The molecule has 0 bridgehead atoms. The number of unbranched alkanes of at least 4 members (excludes halogenated alkanes) is 3. The fraction of sp³-hybridized carbons (Fsp3) is 0.659. The van der Waals surface area contributed by atoms with Crippen LogP contribution in [0.2, 0.25) is 0 Å². The highest BCUT2D eigenvalue weighted by Crippen LogP contribution is 2.61. The van der Waals surface area contributed by atoms with Gasteiger partial charge in [0.15, 0.2) is 22.8 Å². The maximum Gasteiger partial charge on any atom is 0.481 e. The van der Waals surface area contributed by atoms with Gasteiger partial charge in [-0.25, -0.2) is 28.6 Å². The van der Waals surface area contributed by atoms with Gasteiger partial charge in [0, 0.05) is 37.1 Å². The number of carbonyl (C=O) groups is 3. The standard InChI is InChI=1S/C41H66N7O18P3S/c1-4-5-6-7-8-9-10-11-12-13-14-15-17-28-29(63-28)18-16-19-32(50)70-23-22-43-31(49)20-21-44-39(53)36(52)41(2,3)25-62-69(59,60)66-68(57,58)61-24-30-35(65-67(54,55)56)34(51)40(64-30)48-27-47-33-37(42)45-26-46-38(33)48/h8-9,11-12,14-15,26-30,34-36,40,51-52H,4-7,10,13,16-25H2,1-3H3,(H,43,49)(H,44,53)(H,57,58)(H,59,60)(H2,42,45,46)(H2,54,55,56)/b9-8-,12-11-,15-14-/t28?,29?,30-,34-,35-,36+,40-/m1/s1. The van der Waals surface area contributed by atoms with E-state index in [1.165, 1.54) is 33.1 Å². The number of allylic oxidation sites excluding steroid dienone is 5. The van der Waals surface area contributed by atoms with Crippen molar-refractivity contribution in [1.29, 1.82) is 0 Å². The van der Waals surface area contributed by atoms with Crippen LogP contribution in [0.25, 0.3) is 11.2 Å². The van der Waals surface area contributed by atoms with Crippen LogP contribution in [0, 0.1) is 5.41 Å². The van der Waals surface area contributed by atoms with Crippen molar-refractivity contribution in [3.63, 3.8) is 0 Å². The number of anilines is 1. The zero-order valence-electron chi connectivity index (χ0n) is 39.2. The van der Waals surface area contributed by atoms with Gasteiger partial charge in [0.05, 0.1) is 31.7 Å². The van der Waals surface area contributed by atoms with Crippen molar-refractivity contribution in [2.24, 2.45) is 5.41 Å². The van der Waals surface area contributed by atoms with Crippen molar-refractivity contribution in [2.45, 2.75) is 134 Å². The normalized spacial score (nSPS) is 23.0. The zero-order valence-corrected chi connectivity index (χ0v) is 42.7. The third-order valence-electron chi connectivity index (χ3n) is 10.7. The quantitative estimate of drug-likeness (QED) is 0.0211. The Kier molecular flexibility index (Phi) is 23.9. The molecule has 2 aliphatic heterocycles. The van der Waals surface area contributed by atoms with E-state index in [0.29, 0.717) is 18.6 Å². The Morgan fingerprint density at radius 3 is 2.31 bits per heavy atom. The van der Waals surface area contributed by atoms with Crippen LogP contribution in [0.3, 0.4) is 0 Å². The number of amides is 2. The number of imidazole rings is 1. The maximum absolute atomic E-state index is 12.8. The average Bonchev–Trinajstić information content (AvgIpc) is 3.77. The summed E-state index contributed by atoms with van der Waals surface area (Å²) in [5, 5.41) is 26.6. The first-order valence-corrected chi connectivity index (χ1v) is 28.2. The van der Waals surface area contributed by atoms with E-state index in [-0.39, 0.29) is 53.8 Å². The number of thioether (sulfide) groups is 1. The summed E-state index contributed by atoms with van der Waals surface area (Å²) in [6.45, 7) is 2.70. The number of nitrogens with one attached hydrogen (secondary N) is 2. The lowest BCUT2D eigenvalue weighted by Gasteiger charge is -2.30. The summed E-state index contributed by atoms with van der Waals surface area (Å²) in [4.78, 5) is 88.5. The smallest absolute Gasteiger partial charge is 0.386 e. The molecule has 2 aromatic heterocycles. The summed E-state index contributed by atoms with van der Waals surface area (Å²) in [6, 6.07) is 0. The molecule has 4 unspecified atom stereocenters. The number of rotatable bonds is 33. The molecule has 70 heavy (non-hydrogen) atoms. The number of nitrogen functional groups attached to an aromatic ring is 1. The molecular weight excluding hydrogens is 1000 g/mol. The highest BCUT2D eigenvalue weighted by molar-refractivity contribution is 8.13. The van der Waals surface area contributed by atoms with Crippen LogP contribution in [-0.2, 0) is 55.4 Å². The highest BCUT2D eigenvalue weighted by atomic mass is 32.2. The molecule has 0 aromatic carbocycles. The molecule has 2 fully saturated rings. The van der Waals surface area contributed by atoms with E-state index in [4.69, 9.17) is 24.3 Å². The van der Waals surface area contributed by atoms with Gasteiger partial charge in [-0.3, -0.25) is 32.5 Å². The van der Waals surface area contributed by atoms with E-state index in [1.807, 2.05) is 0 Å². The van der Waals surface area contributed by atoms with Gasteiger partial charge >= 0.3 is 23.5 Å². The summed E-state index contributed by atoms with van der Waals surface area (Å²) in [6.07, 6.45) is 16.0. The van der Waals surface area contributed by atoms with Gasteiger partial charge in [0.2, 0.25) is 11.8 Å². The minimum atomic E-state index is -5.58. The second-order valence-electron chi connectivity index (χ2n) is 17.0. The largest absolute Gasteiger partial charge is 0.481 e. The lowest BCUT2D eigenvalue weighted by Crippen LogP contribution is -2.46. The van der Waals surface area contributed by atoms with Crippen LogP contribution >= 0.6 is 35.2 Å². The summed E-state index contributed by atoms with van der Waals surface area (Å²) in [7, 11) is -16.4. The van der Waals surface area contributed by atoms with E-state index < -0.39 is 84.6 Å². The minimum Gasteiger partial charge on any atom is -0.386 e. The number of hydrogen-bond donors (Lipinski definition) is 9. The number of ether oxygens (including phenoxy) is 2. The SMILES string of the molecule is CCCCC/C=C\C/C=C\C/C=C\CC1OC1CCCC(=O)SCCNC(=O)CCNC(=O)[C@H](O)C(C)(C)COP(=O)(O)OP(=O)(O)OC[C@H]1O[C@@H](n2cnc3c(N)ncnc32)[C@H](O)[C@@H]1OP(=O)(O)O. The number of fused-ring (bicyclic) bond motifs is 1.